The normalized spacial score (nSPS) is 31.6. The van der Waals surface area contributed by atoms with Crippen LogP contribution in [0, 0.1) is 11.8 Å². The summed E-state index contributed by atoms with van der Waals surface area (Å²) in [7, 11) is 0. The molecule has 0 aliphatic heterocycles. The van der Waals surface area contributed by atoms with Gasteiger partial charge in [-0.2, -0.15) is 0 Å². The molecule has 0 radical (unpaired) electrons. The molecule has 0 aromatic carbocycles. The lowest BCUT2D eigenvalue weighted by Gasteiger charge is -2.31. The van der Waals surface area contributed by atoms with E-state index >= 15 is 0 Å². The van der Waals surface area contributed by atoms with E-state index in [0.717, 1.165) is 18.8 Å². The first-order valence-electron chi connectivity index (χ1n) is 5.96. The first-order valence-corrected chi connectivity index (χ1v) is 5.96. The number of rotatable bonds is 4. The van der Waals surface area contributed by atoms with Crippen molar-refractivity contribution in [3.05, 3.63) is 0 Å². The molecule has 0 aromatic heterocycles. The van der Waals surface area contributed by atoms with Gasteiger partial charge in [-0.05, 0) is 31.1 Å². The maximum atomic E-state index is 9.89. The van der Waals surface area contributed by atoms with E-state index in [4.69, 9.17) is 0 Å². The molecular weight excluding hydrogens is 160 g/mol. The van der Waals surface area contributed by atoms with E-state index in [0.29, 0.717) is 5.92 Å². The highest BCUT2D eigenvalue weighted by Gasteiger charge is 2.25. The Kier molecular flexibility index (Phi) is 4.79. The zero-order valence-electron chi connectivity index (χ0n) is 9.13. The minimum atomic E-state index is -0.0145. The molecule has 1 nitrogen and oxygen atoms in total. The Balaban J connectivity index is 2.32. The van der Waals surface area contributed by atoms with Crippen molar-refractivity contribution in [3.63, 3.8) is 0 Å². The van der Waals surface area contributed by atoms with Crippen molar-refractivity contribution < 1.29 is 5.11 Å². The van der Waals surface area contributed by atoms with E-state index < -0.39 is 0 Å². The number of hydrogen-bond acceptors (Lipinski definition) is 1. The number of hydrogen-bond donors (Lipinski definition) is 1. The summed E-state index contributed by atoms with van der Waals surface area (Å²) in [5.74, 6) is 1.50. The summed E-state index contributed by atoms with van der Waals surface area (Å²) >= 11 is 0. The lowest BCUT2D eigenvalue weighted by atomic mass is 9.77. The molecule has 0 aromatic rings. The van der Waals surface area contributed by atoms with Gasteiger partial charge in [-0.15, -0.1) is 0 Å². The van der Waals surface area contributed by atoms with E-state index in [1.165, 1.54) is 32.1 Å². The topological polar surface area (TPSA) is 20.2 Å². The fourth-order valence-corrected chi connectivity index (χ4v) is 2.58. The molecule has 0 spiro atoms. The zero-order valence-corrected chi connectivity index (χ0v) is 9.13. The molecule has 0 heterocycles. The Morgan fingerprint density at radius 2 is 2.08 bits per heavy atom. The molecule has 1 N–H and O–H groups in total. The lowest BCUT2D eigenvalue weighted by Crippen LogP contribution is -2.26. The van der Waals surface area contributed by atoms with Gasteiger partial charge in [0.15, 0.2) is 0 Å². The third-order valence-electron chi connectivity index (χ3n) is 3.53. The Hall–Kier alpha value is -0.0400. The van der Waals surface area contributed by atoms with Crippen LogP contribution in [0.3, 0.4) is 0 Å². The minimum Gasteiger partial charge on any atom is -0.393 e. The molecule has 1 fully saturated rings. The lowest BCUT2D eigenvalue weighted by molar-refractivity contribution is 0.0610. The average molecular weight is 184 g/mol. The van der Waals surface area contributed by atoms with E-state index in [1.807, 2.05) is 0 Å². The third-order valence-corrected chi connectivity index (χ3v) is 3.53. The highest BCUT2D eigenvalue weighted by atomic mass is 16.3. The van der Waals surface area contributed by atoms with Crippen LogP contribution in [0.25, 0.3) is 0 Å². The molecule has 1 saturated carbocycles. The summed E-state index contributed by atoms with van der Waals surface area (Å²) in [6.45, 7) is 4.43. The van der Waals surface area contributed by atoms with E-state index in [1.54, 1.807) is 0 Å². The minimum absolute atomic E-state index is 0.0145. The van der Waals surface area contributed by atoms with Crippen molar-refractivity contribution >= 4 is 0 Å². The van der Waals surface area contributed by atoms with Crippen molar-refractivity contribution in [3.8, 4) is 0 Å². The largest absolute Gasteiger partial charge is 0.393 e. The molecule has 13 heavy (non-hydrogen) atoms. The SMILES string of the molecule is CCCC(O)C1CCCC(CC)C1. The highest BCUT2D eigenvalue weighted by Crippen LogP contribution is 2.33. The van der Waals surface area contributed by atoms with Crippen LogP contribution in [0.4, 0.5) is 0 Å². The fraction of sp³-hybridized carbons (Fsp3) is 1.00. The Labute approximate surface area is 82.5 Å². The van der Waals surface area contributed by atoms with Gasteiger partial charge in [-0.25, -0.2) is 0 Å². The summed E-state index contributed by atoms with van der Waals surface area (Å²) < 4.78 is 0. The van der Waals surface area contributed by atoms with Gasteiger partial charge in [0.1, 0.15) is 0 Å². The summed E-state index contributed by atoms with van der Waals surface area (Å²) in [6, 6.07) is 0. The zero-order chi connectivity index (χ0) is 9.68. The van der Waals surface area contributed by atoms with E-state index in [2.05, 4.69) is 13.8 Å². The third kappa shape index (κ3) is 3.30. The highest BCUT2D eigenvalue weighted by molar-refractivity contribution is 4.77. The molecule has 1 aliphatic carbocycles. The van der Waals surface area contributed by atoms with Gasteiger partial charge in [0.25, 0.3) is 0 Å². The van der Waals surface area contributed by atoms with Crippen LogP contribution in [-0.4, -0.2) is 11.2 Å². The standard InChI is InChI=1S/C12H24O/c1-3-6-12(13)11-8-5-7-10(4-2)9-11/h10-13H,3-9H2,1-2H3. The second kappa shape index (κ2) is 5.64. The fourth-order valence-electron chi connectivity index (χ4n) is 2.58. The maximum Gasteiger partial charge on any atom is 0.0568 e. The van der Waals surface area contributed by atoms with Gasteiger partial charge in [0.2, 0.25) is 0 Å². The Bertz CT molecular complexity index is 133. The van der Waals surface area contributed by atoms with Gasteiger partial charge in [0.05, 0.1) is 6.10 Å². The molecular formula is C12H24O. The predicted octanol–water partition coefficient (Wildman–Crippen LogP) is 3.36. The molecule has 3 unspecified atom stereocenters. The quantitative estimate of drug-likeness (QED) is 0.710. The molecule has 0 saturated heterocycles. The molecule has 1 aliphatic rings. The van der Waals surface area contributed by atoms with E-state index in [-0.39, 0.29) is 6.10 Å². The molecule has 1 rings (SSSR count). The van der Waals surface area contributed by atoms with Crippen molar-refractivity contribution in [1.29, 1.82) is 0 Å². The summed E-state index contributed by atoms with van der Waals surface area (Å²) in [6.07, 6.45) is 8.68. The number of aliphatic hydroxyl groups excluding tert-OH is 1. The van der Waals surface area contributed by atoms with Gasteiger partial charge in [-0.1, -0.05) is 39.5 Å². The van der Waals surface area contributed by atoms with Crippen molar-refractivity contribution in [2.24, 2.45) is 11.8 Å². The molecule has 3 atom stereocenters. The summed E-state index contributed by atoms with van der Waals surface area (Å²) in [5.41, 5.74) is 0. The van der Waals surface area contributed by atoms with Gasteiger partial charge >= 0.3 is 0 Å². The summed E-state index contributed by atoms with van der Waals surface area (Å²) in [5, 5.41) is 9.89. The maximum absolute atomic E-state index is 9.89. The van der Waals surface area contributed by atoms with E-state index in [9.17, 15) is 5.11 Å². The van der Waals surface area contributed by atoms with Gasteiger partial charge in [0, 0.05) is 0 Å². The Morgan fingerprint density at radius 1 is 1.31 bits per heavy atom. The van der Waals surface area contributed by atoms with Crippen LogP contribution < -0.4 is 0 Å². The monoisotopic (exact) mass is 184 g/mol. The molecule has 0 amide bonds. The molecule has 78 valence electrons. The smallest absolute Gasteiger partial charge is 0.0568 e. The first-order chi connectivity index (χ1) is 6.27. The second-order valence-corrected chi connectivity index (χ2v) is 4.56. The van der Waals surface area contributed by atoms with Crippen molar-refractivity contribution in [2.45, 2.75) is 64.9 Å². The van der Waals surface area contributed by atoms with Gasteiger partial charge < -0.3 is 5.11 Å². The van der Waals surface area contributed by atoms with Crippen LogP contribution in [0.5, 0.6) is 0 Å². The van der Waals surface area contributed by atoms with Crippen LogP contribution >= 0.6 is 0 Å². The second-order valence-electron chi connectivity index (χ2n) is 4.56. The molecule has 0 bridgehead atoms. The van der Waals surface area contributed by atoms with Crippen molar-refractivity contribution in [1.82, 2.24) is 0 Å². The Morgan fingerprint density at radius 3 is 2.69 bits per heavy atom. The van der Waals surface area contributed by atoms with Crippen molar-refractivity contribution in [2.75, 3.05) is 0 Å². The first kappa shape index (κ1) is 11.0. The van der Waals surface area contributed by atoms with Gasteiger partial charge in [-0.3, -0.25) is 0 Å². The van der Waals surface area contributed by atoms with Crippen LogP contribution in [-0.2, 0) is 0 Å². The summed E-state index contributed by atoms with van der Waals surface area (Å²) in [4.78, 5) is 0. The number of aliphatic hydroxyl groups is 1. The molecule has 1 heteroatoms. The predicted molar refractivity (Wildman–Crippen MR) is 56.7 cm³/mol. The van der Waals surface area contributed by atoms with Crippen LogP contribution in [0.1, 0.15) is 58.8 Å². The van der Waals surface area contributed by atoms with Crippen LogP contribution in [0.2, 0.25) is 0 Å². The van der Waals surface area contributed by atoms with Crippen LogP contribution in [0.15, 0.2) is 0 Å². The average Bonchev–Trinajstić information content (AvgIpc) is 2.18.